The predicted octanol–water partition coefficient (Wildman–Crippen LogP) is 1.91. The van der Waals surface area contributed by atoms with Gasteiger partial charge in [-0.25, -0.2) is 0 Å². The summed E-state index contributed by atoms with van der Waals surface area (Å²) in [7, 11) is 0. The smallest absolute Gasteiger partial charge is 0.159 e. The lowest BCUT2D eigenvalue weighted by atomic mass is 10.1. The van der Waals surface area contributed by atoms with Gasteiger partial charge in [-0.1, -0.05) is 0 Å². The molecule has 0 saturated carbocycles. The molecule has 0 atom stereocenters. The summed E-state index contributed by atoms with van der Waals surface area (Å²) in [6.07, 6.45) is 0. The summed E-state index contributed by atoms with van der Waals surface area (Å²) in [5.41, 5.74) is 0.717. The van der Waals surface area contributed by atoms with Crippen molar-refractivity contribution >= 4 is 5.78 Å². The molecule has 0 bridgehead atoms. The second-order valence-corrected chi connectivity index (χ2v) is 3.80. The summed E-state index contributed by atoms with van der Waals surface area (Å²) < 4.78 is 10.6. The number of ketones is 1. The lowest BCUT2D eigenvalue weighted by Gasteiger charge is -2.25. The molecular weight excluding hydrogens is 192 g/mol. The Bertz CT molecular complexity index is 338. The number of hydrogen-bond donors (Lipinski definition) is 0. The van der Waals surface area contributed by atoms with E-state index in [2.05, 4.69) is 0 Å². The Morgan fingerprint density at radius 2 is 2.07 bits per heavy atom. The zero-order chi connectivity index (χ0) is 10.7. The van der Waals surface area contributed by atoms with Crippen molar-refractivity contribution in [3.63, 3.8) is 0 Å². The van der Waals surface area contributed by atoms with E-state index >= 15 is 0 Å². The van der Waals surface area contributed by atoms with Crippen LogP contribution in [0.15, 0.2) is 24.3 Å². The minimum Gasteiger partial charge on any atom is -0.493 e. The van der Waals surface area contributed by atoms with Crippen molar-refractivity contribution in [2.45, 2.75) is 6.92 Å². The topological polar surface area (TPSA) is 35.5 Å². The van der Waals surface area contributed by atoms with E-state index < -0.39 is 0 Å². The fraction of sp³-hybridized carbons (Fsp3) is 0.417. The van der Waals surface area contributed by atoms with E-state index in [0.717, 1.165) is 19.0 Å². The third-order valence-electron chi connectivity index (χ3n) is 2.45. The molecule has 1 aromatic carbocycles. The Balaban J connectivity index is 1.88. The molecule has 0 unspecified atom stereocenters. The van der Waals surface area contributed by atoms with Gasteiger partial charge in [-0.2, -0.15) is 0 Å². The van der Waals surface area contributed by atoms with Gasteiger partial charge in [-0.3, -0.25) is 4.79 Å². The predicted molar refractivity (Wildman–Crippen MR) is 56.3 cm³/mol. The lowest BCUT2D eigenvalue weighted by Crippen LogP contribution is -2.32. The molecule has 1 aliphatic heterocycles. The highest BCUT2D eigenvalue weighted by atomic mass is 16.5. The molecule has 0 spiro atoms. The molecule has 0 aliphatic carbocycles. The normalized spacial score (nSPS) is 15.8. The van der Waals surface area contributed by atoms with Crippen LogP contribution in [-0.4, -0.2) is 25.6 Å². The zero-order valence-corrected chi connectivity index (χ0v) is 8.73. The fourth-order valence-corrected chi connectivity index (χ4v) is 1.38. The van der Waals surface area contributed by atoms with Crippen LogP contribution in [0.5, 0.6) is 5.75 Å². The Labute approximate surface area is 89.0 Å². The Morgan fingerprint density at radius 1 is 1.40 bits per heavy atom. The van der Waals surface area contributed by atoms with E-state index in [4.69, 9.17) is 9.47 Å². The van der Waals surface area contributed by atoms with Gasteiger partial charge in [0.15, 0.2) is 5.78 Å². The monoisotopic (exact) mass is 206 g/mol. The van der Waals surface area contributed by atoms with Crippen molar-refractivity contribution in [1.82, 2.24) is 0 Å². The second-order valence-electron chi connectivity index (χ2n) is 3.80. The lowest BCUT2D eigenvalue weighted by molar-refractivity contribution is -0.0508. The van der Waals surface area contributed by atoms with Crippen molar-refractivity contribution in [2.24, 2.45) is 5.92 Å². The maximum Gasteiger partial charge on any atom is 0.159 e. The largest absolute Gasteiger partial charge is 0.493 e. The van der Waals surface area contributed by atoms with Gasteiger partial charge in [-0.05, 0) is 31.2 Å². The minimum absolute atomic E-state index is 0.0777. The van der Waals surface area contributed by atoms with Crippen LogP contribution in [0.4, 0.5) is 0 Å². The number of rotatable bonds is 4. The number of Topliss-reactive ketones (excluding diaryl/α,β-unsaturated/α-hetero) is 1. The van der Waals surface area contributed by atoms with Crippen molar-refractivity contribution in [2.75, 3.05) is 19.8 Å². The summed E-state index contributed by atoms with van der Waals surface area (Å²) in [6.45, 7) is 3.85. The highest BCUT2D eigenvalue weighted by Gasteiger charge is 2.18. The number of hydrogen-bond acceptors (Lipinski definition) is 3. The standard InChI is InChI=1S/C12H14O3/c1-9(13)11-2-4-12(5-3-11)15-8-10-6-14-7-10/h2-5,10H,6-8H2,1H3. The number of carbonyl (C=O) groups is 1. The van der Waals surface area contributed by atoms with E-state index in [9.17, 15) is 4.79 Å². The SMILES string of the molecule is CC(=O)c1ccc(OCC2COC2)cc1. The summed E-state index contributed by atoms with van der Waals surface area (Å²) >= 11 is 0. The van der Waals surface area contributed by atoms with Crippen molar-refractivity contribution < 1.29 is 14.3 Å². The third kappa shape index (κ3) is 2.57. The van der Waals surface area contributed by atoms with Crippen molar-refractivity contribution in [3.8, 4) is 5.75 Å². The molecule has 0 radical (unpaired) electrons. The molecule has 3 heteroatoms. The molecule has 1 aliphatic rings. The molecule has 1 aromatic rings. The number of ether oxygens (including phenoxy) is 2. The van der Waals surface area contributed by atoms with Crippen LogP contribution in [0.3, 0.4) is 0 Å². The average Bonchev–Trinajstić information content (AvgIpc) is 2.16. The molecule has 1 heterocycles. The molecule has 0 N–H and O–H groups in total. The van der Waals surface area contributed by atoms with Crippen LogP contribution in [-0.2, 0) is 4.74 Å². The molecule has 0 aromatic heterocycles. The van der Waals surface area contributed by atoms with Gasteiger partial charge in [0.05, 0.1) is 19.8 Å². The van der Waals surface area contributed by atoms with E-state index in [-0.39, 0.29) is 5.78 Å². The molecule has 1 saturated heterocycles. The van der Waals surface area contributed by atoms with Gasteiger partial charge in [0.25, 0.3) is 0 Å². The Morgan fingerprint density at radius 3 is 2.53 bits per heavy atom. The van der Waals surface area contributed by atoms with Crippen LogP contribution >= 0.6 is 0 Å². The highest BCUT2D eigenvalue weighted by Crippen LogP contribution is 2.16. The summed E-state index contributed by atoms with van der Waals surface area (Å²) in [5.74, 6) is 1.42. The van der Waals surface area contributed by atoms with Crippen molar-refractivity contribution in [3.05, 3.63) is 29.8 Å². The van der Waals surface area contributed by atoms with Gasteiger partial charge in [0.2, 0.25) is 0 Å². The number of carbonyl (C=O) groups excluding carboxylic acids is 1. The Kier molecular flexibility index (Phi) is 3.02. The van der Waals surface area contributed by atoms with Gasteiger partial charge >= 0.3 is 0 Å². The van der Waals surface area contributed by atoms with Crippen LogP contribution in [0.2, 0.25) is 0 Å². The fourth-order valence-electron chi connectivity index (χ4n) is 1.38. The first-order valence-electron chi connectivity index (χ1n) is 5.07. The second kappa shape index (κ2) is 4.45. The van der Waals surface area contributed by atoms with Crippen molar-refractivity contribution in [1.29, 1.82) is 0 Å². The quantitative estimate of drug-likeness (QED) is 0.706. The summed E-state index contributed by atoms with van der Waals surface area (Å²) in [4.78, 5) is 11.0. The van der Waals surface area contributed by atoms with Gasteiger partial charge in [-0.15, -0.1) is 0 Å². The van der Waals surface area contributed by atoms with E-state index in [1.807, 2.05) is 12.1 Å². The molecule has 15 heavy (non-hydrogen) atoms. The maximum atomic E-state index is 11.0. The molecule has 3 nitrogen and oxygen atoms in total. The molecule has 0 amide bonds. The van der Waals surface area contributed by atoms with E-state index in [1.54, 1.807) is 19.1 Å². The zero-order valence-electron chi connectivity index (χ0n) is 8.73. The number of benzene rings is 1. The van der Waals surface area contributed by atoms with Gasteiger partial charge < -0.3 is 9.47 Å². The highest BCUT2D eigenvalue weighted by molar-refractivity contribution is 5.94. The molecular formula is C12H14O3. The third-order valence-corrected chi connectivity index (χ3v) is 2.45. The molecule has 2 rings (SSSR count). The van der Waals surface area contributed by atoms with Crippen LogP contribution in [0.25, 0.3) is 0 Å². The van der Waals surface area contributed by atoms with E-state index in [1.165, 1.54) is 0 Å². The van der Waals surface area contributed by atoms with Crippen LogP contribution < -0.4 is 4.74 Å². The van der Waals surface area contributed by atoms with Gasteiger partial charge in [0.1, 0.15) is 5.75 Å². The van der Waals surface area contributed by atoms with E-state index in [0.29, 0.717) is 18.1 Å². The average molecular weight is 206 g/mol. The summed E-state index contributed by atoms with van der Waals surface area (Å²) in [6, 6.07) is 7.23. The minimum atomic E-state index is 0.0777. The Hall–Kier alpha value is -1.35. The molecule has 1 fully saturated rings. The van der Waals surface area contributed by atoms with Gasteiger partial charge in [0, 0.05) is 11.5 Å². The van der Waals surface area contributed by atoms with Crippen LogP contribution in [0, 0.1) is 5.92 Å². The van der Waals surface area contributed by atoms with Crippen LogP contribution in [0.1, 0.15) is 17.3 Å². The molecule has 80 valence electrons. The first kappa shape index (κ1) is 10.2. The summed E-state index contributed by atoms with van der Waals surface area (Å²) in [5, 5.41) is 0. The first-order valence-corrected chi connectivity index (χ1v) is 5.07. The first-order chi connectivity index (χ1) is 7.25. The maximum absolute atomic E-state index is 11.0.